The Bertz CT molecular complexity index is 829. The van der Waals surface area contributed by atoms with Crippen molar-refractivity contribution < 1.29 is 0 Å². The van der Waals surface area contributed by atoms with Gasteiger partial charge in [0.1, 0.15) is 0 Å². The second-order valence-electron chi connectivity index (χ2n) is 7.67. The molecule has 1 aliphatic rings. The molecule has 0 amide bonds. The summed E-state index contributed by atoms with van der Waals surface area (Å²) in [5.74, 6) is 0.668. The smallest absolute Gasteiger partial charge is 0.0659 e. The van der Waals surface area contributed by atoms with Crippen molar-refractivity contribution in [2.45, 2.75) is 32.6 Å². The van der Waals surface area contributed by atoms with Crippen molar-refractivity contribution >= 4 is 0 Å². The van der Waals surface area contributed by atoms with E-state index in [1.54, 1.807) is 0 Å². The SMILES string of the molecule is C[C@H]1CN(Cc2ccccc2)C[C@H]1NCc1cccc(Cn2cccn2)c1. The lowest BCUT2D eigenvalue weighted by atomic mass is 10.1. The van der Waals surface area contributed by atoms with Crippen LogP contribution in [0.3, 0.4) is 0 Å². The minimum Gasteiger partial charge on any atom is -0.308 e. The van der Waals surface area contributed by atoms with E-state index in [2.05, 4.69) is 76.8 Å². The molecule has 4 rings (SSSR count). The van der Waals surface area contributed by atoms with Crippen LogP contribution >= 0.6 is 0 Å². The molecule has 0 bridgehead atoms. The van der Waals surface area contributed by atoms with Crippen molar-refractivity contribution in [3.05, 3.63) is 89.7 Å². The number of nitrogens with one attached hydrogen (secondary N) is 1. The Kier molecular flexibility index (Phi) is 5.66. The van der Waals surface area contributed by atoms with Crippen LogP contribution in [0.2, 0.25) is 0 Å². The van der Waals surface area contributed by atoms with Crippen molar-refractivity contribution in [1.82, 2.24) is 20.0 Å². The van der Waals surface area contributed by atoms with E-state index in [1.807, 2.05) is 23.1 Å². The van der Waals surface area contributed by atoms with Gasteiger partial charge in [0.05, 0.1) is 6.54 Å². The zero-order chi connectivity index (χ0) is 18.5. The quantitative estimate of drug-likeness (QED) is 0.700. The average molecular weight is 361 g/mol. The van der Waals surface area contributed by atoms with Gasteiger partial charge < -0.3 is 5.32 Å². The first kappa shape index (κ1) is 18.0. The third-order valence-electron chi connectivity index (χ3n) is 5.40. The lowest BCUT2D eigenvalue weighted by Gasteiger charge is -2.18. The van der Waals surface area contributed by atoms with Crippen LogP contribution in [0.25, 0.3) is 0 Å². The fraction of sp³-hybridized carbons (Fsp3) is 0.348. The molecule has 1 N–H and O–H groups in total. The third-order valence-corrected chi connectivity index (χ3v) is 5.40. The van der Waals surface area contributed by atoms with Crippen molar-refractivity contribution in [3.8, 4) is 0 Å². The van der Waals surface area contributed by atoms with Crippen molar-refractivity contribution in [2.24, 2.45) is 5.92 Å². The van der Waals surface area contributed by atoms with Crippen LogP contribution in [0.15, 0.2) is 73.1 Å². The number of nitrogens with zero attached hydrogens (tertiary/aromatic N) is 3. The van der Waals surface area contributed by atoms with E-state index in [-0.39, 0.29) is 0 Å². The molecule has 0 unspecified atom stereocenters. The van der Waals surface area contributed by atoms with E-state index in [0.717, 1.165) is 32.7 Å². The zero-order valence-corrected chi connectivity index (χ0v) is 16.0. The van der Waals surface area contributed by atoms with Crippen LogP contribution in [0.1, 0.15) is 23.6 Å². The molecule has 2 heterocycles. The molecule has 4 nitrogen and oxygen atoms in total. The minimum atomic E-state index is 0.545. The average Bonchev–Trinajstić information content (AvgIpc) is 3.31. The largest absolute Gasteiger partial charge is 0.308 e. The van der Waals surface area contributed by atoms with Crippen molar-refractivity contribution in [2.75, 3.05) is 13.1 Å². The van der Waals surface area contributed by atoms with E-state index >= 15 is 0 Å². The molecule has 1 aromatic heterocycles. The molecule has 4 heteroatoms. The van der Waals surface area contributed by atoms with Gasteiger partial charge in [-0.05, 0) is 28.7 Å². The van der Waals surface area contributed by atoms with Crippen molar-refractivity contribution in [1.29, 1.82) is 0 Å². The van der Waals surface area contributed by atoms with E-state index in [1.165, 1.54) is 16.7 Å². The number of hydrogen-bond donors (Lipinski definition) is 1. The zero-order valence-electron chi connectivity index (χ0n) is 16.0. The molecule has 1 aliphatic heterocycles. The Hall–Kier alpha value is -2.43. The molecule has 1 saturated heterocycles. The van der Waals surface area contributed by atoms with Gasteiger partial charge in [0.25, 0.3) is 0 Å². The lowest BCUT2D eigenvalue weighted by molar-refractivity contribution is 0.316. The van der Waals surface area contributed by atoms with E-state index < -0.39 is 0 Å². The highest BCUT2D eigenvalue weighted by atomic mass is 15.3. The van der Waals surface area contributed by atoms with Crippen LogP contribution in [0.4, 0.5) is 0 Å². The maximum atomic E-state index is 4.30. The molecular weight excluding hydrogens is 332 g/mol. The van der Waals surface area contributed by atoms with Gasteiger partial charge in [-0.15, -0.1) is 0 Å². The molecule has 3 aromatic rings. The first-order valence-corrected chi connectivity index (χ1v) is 9.81. The van der Waals surface area contributed by atoms with Gasteiger partial charge in [-0.2, -0.15) is 5.10 Å². The van der Waals surface area contributed by atoms with Crippen molar-refractivity contribution in [3.63, 3.8) is 0 Å². The summed E-state index contributed by atoms with van der Waals surface area (Å²) < 4.78 is 1.97. The Morgan fingerprint density at radius 2 is 1.74 bits per heavy atom. The van der Waals surface area contributed by atoms with Crippen LogP contribution in [0, 0.1) is 5.92 Å². The summed E-state index contributed by atoms with van der Waals surface area (Å²) in [5, 5.41) is 8.08. The fourth-order valence-corrected chi connectivity index (χ4v) is 3.97. The Morgan fingerprint density at radius 3 is 2.56 bits per heavy atom. The van der Waals surface area contributed by atoms with Crippen LogP contribution in [-0.4, -0.2) is 33.8 Å². The monoisotopic (exact) mass is 360 g/mol. The normalized spacial score (nSPS) is 20.2. The molecular formula is C23H28N4. The number of likely N-dealkylation sites (tertiary alicyclic amines) is 1. The molecule has 0 spiro atoms. The highest BCUT2D eigenvalue weighted by Crippen LogP contribution is 2.19. The maximum absolute atomic E-state index is 4.30. The maximum Gasteiger partial charge on any atom is 0.0659 e. The highest BCUT2D eigenvalue weighted by molar-refractivity contribution is 5.24. The lowest BCUT2D eigenvalue weighted by Crippen LogP contribution is -2.35. The first-order chi connectivity index (χ1) is 13.3. The second-order valence-corrected chi connectivity index (χ2v) is 7.67. The highest BCUT2D eigenvalue weighted by Gasteiger charge is 2.28. The summed E-state index contributed by atoms with van der Waals surface area (Å²) in [4.78, 5) is 2.56. The van der Waals surface area contributed by atoms with Gasteiger partial charge in [-0.1, -0.05) is 61.5 Å². The van der Waals surface area contributed by atoms with Gasteiger partial charge in [-0.3, -0.25) is 9.58 Å². The molecule has 140 valence electrons. The number of aromatic nitrogens is 2. The van der Waals surface area contributed by atoms with E-state index in [9.17, 15) is 0 Å². The summed E-state index contributed by atoms with van der Waals surface area (Å²) in [5.41, 5.74) is 4.04. The molecule has 0 radical (unpaired) electrons. The van der Waals surface area contributed by atoms with Gasteiger partial charge in [0, 0.05) is 44.6 Å². The van der Waals surface area contributed by atoms with Crippen LogP contribution in [0.5, 0.6) is 0 Å². The summed E-state index contributed by atoms with van der Waals surface area (Å²) in [6.07, 6.45) is 3.83. The summed E-state index contributed by atoms with van der Waals surface area (Å²) in [6, 6.07) is 22.1. The predicted octanol–water partition coefficient (Wildman–Crippen LogP) is 3.54. The summed E-state index contributed by atoms with van der Waals surface area (Å²) in [6.45, 7) is 7.42. The Morgan fingerprint density at radius 1 is 0.926 bits per heavy atom. The van der Waals surface area contributed by atoms with Crippen LogP contribution in [-0.2, 0) is 19.6 Å². The minimum absolute atomic E-state index is 0.545. The van der Waals surface area contributed by atoms with Crippen LogP contribution < -0.4 is 5.32 Å². The van der Waals surface area contributed by atoms with Gasteiger partial charge in [0.15, 0.2) is 0 Å². The van der Waals surface area contributed by atoms with E-state index in [4.69, 9.17) is 0 Å². The topological polar surface area (TPSA) is 33.1 Å². The summed E-state index contributed by atoms with van der Waals surface area (Å²) in [7, 11) is 0. The van der Waals surface area contributed by atoms with Gasteiger partial charge in [-0.25, -0.2) is 0 Å². The molecule has 0 aliphatic carbocycles. The molecule has 0 saturated carbocycles. The molecule has 2 atom stereocenters. The number of rotatable bonds is 7. The standard InChI is InChI=1S/C23H28N4/c1-19-15-26(16-20-7-3-2-4-8-20)18-23(19)24-14-21-9-5-10-22(13-21)17-27-12-6-11-25-27/h2-13,19,23-24H,14-18H2,1H3/t19-,23+/m0/s1. The number of benzene rings is 2. The summed E-state index contributed by atoms with van der Waals surface area (Å²) >= 11 is 0. The number of hydrogen-bond acceptors (Lipinski definition) is 3. The third kappa shape index (κ3) is 4.85. The fourth-order valence-electron chi connectivity index (χ4n) is 3.97. The molecule has 2 aromatic carbocycles. The van der Waals surface area contributed by atoms with Gasteiger partial charge >= 0.3 is 0 Å². The molecule has 27 heavy (non-hydrogen) atoms. The van der Waals surface area contributed by atoms with E-state index in [0.29, 0.717) is 12.0 Å². The van der Waals surface area contributed by atoms with Gasteiger partial charge in [0.2, 0.25) is 0 Å². The Labute approximate surface area is 161 Å². The predicted molar refractivity (Wildman–Crippen MR) is 109 cm³/mol. The Balaban J connectivity index is 1.31. The second kappa shape index (κ2) is 8.51. The first-order valence-electron chi connectivity index (χ1n) is 9.81. The molecule has 1 fully saturated rings.